The van der Waals surface area contributed by atoms with Crippen LogP contribution in [-0.4, -0.2) is 47.7 Å². The molecule has 0 saturated carbocycles. The molecule has 0 N–H and O–H groups in total. The van der Waals surface area contributed by atoms with Gasteiger partial charge < -0.3 is 4.74 Å². The first-order valence-corrected chi connectivity index (χ1v) is 10.7. The average Bonchev–Trinajstić information content (AvgIpc) is 3.08. The fraction of sp³-hybridized carbons (Fsp3) is 0.500. The van der Waals surface area contributed by atoms with E-state index < -0.39 is 0 Å². The Kier molecular flexibility index (Phi) is 6.98. The van der Waals surface area contributed by atoms with E-state index in [9.17, 15) is 0 Å². The first-order valence-electron chi connectivity index (χ1n) is 8.27. The Labute approximate surface area is 157 Å². The van der Waals surface area contributed by atoms with Crippen molar-refractivity contribution in [2.75, 3.05) is 31.8 Å². The molecule has 1 aromatic heterocycles. The molecule has 130 valence electrons. The summed E-state index contributed by atoms with van der Waals surface area (Å²) in [5, 5.41) is 4.01. The zero-order valence-electron chi connectivity index (χ0n) is 13.9. The van der Waals surface area contributed by atoms with Gasteiger partial charge in [-0.3, -0.25) is 4.90 Å². The second-order valence-electron chi connectivity index (χ2n) is 5.96. The number of hydrogen-bond acceptors (Lipinski definition) is 5. The largest absolute Gasteiger partial charge is 0.383 e. The van der Waals surface area contributed by atoms with Crippen LogP contribution in [0.4, 0.5) is 0 Å². The third-order valence-corrected chi connectivity index (χ3v) is 6.54. The lowest BCUT2D eigenvalue weighted by molar-refractivity contribution is 0.109. The SMILES string of the molecule is COCCN(Cc1csc(-c2ccc(Cl)cc2)n1)C1CCSCC1. The van der Waals surface area contributed by atoms with E-state index in [1.807, 2.05) is 24.3 Å². The monoisotopic (exact) mass is 382 g/mol. The van der Waals surface area contributed by atoms with E-state index in [1.165, 1.54) is 24.3 Å². The summed E-state index contributed by atoms with van der Waals surface area (Å²) in [6.45, 7) is 2.65. The molecule has 1 fully saturated rings. The lowest BCUT2D eigenvalue weighted by Crippen LogP contribution is -2.39. The average molecular weight is 383 g/mol. The summed E-state index contributed by atoms with van der Waals surface area (Å²) < 4.78 is 5.31. The molecule has 0 atom stereocenters. The predicted octanol–water partition coefficient (Wildman–Crippen LogP) is 4.81. The van der Waals surface area contributed by atoms with Gasteiger partial charge in [-0.1, -0.05) is 23.7 Å². The minimum atomic E-state index is 0.655. The lowest BCUT2D eigenvalue weighted by atomic mass is 10.1. The molecule has 0 unspecified atom stereocenters. The number of rotatable bonds is 7. The van der Waals surface area contributed by atoms with Crippen LogP contribution in [0.3, 0.4) is 0 Å². The van der Waals surface area contributed by atoms with E-state index in [1.54, 1.807) is 18.4 Å². The van der Waals surface area contributed by atoms with Crippen molar-refractivity contribution in [1.29, 1.82) is 0 Å². The maximum atomic E-state index is 5.97. The van der Waals surface area contributed by atoms with Gasteiger partial charge in [0, 0.05) is 42.2 Å². The van der Waals surface area contributed by atoms with Crippen LogP contribution < -0.4 is 0 Å². The standard InChI is InChI=1S/C18H23ClN2OS2/c1-22-9-8-21(17-6-10-23-11-7-17)12-16-13-24-18(20-16)14-2-4-15(19)5-3-14/h2-5,13,17H,6-12H2,1H3. The Hall–Kier alpha value is -0.590. The second-order valence-corrected chi connectivity index (χ2v) is 8.48. The van der Waals surface area contributed by atoms with Gasteiger partial charge in [0.15, 0.2) is 0 Å². The molecule has 0 spiro atoms. The Morgan fingerprint density at radius 1 is 1.25 bits per heavy atom. The van der Waals surface area contributed by atoms with Crippen molar-refractivity contribution in [2.24, 2.45) is 0 Å². The van der Waals surface area contributed by atoms with E-state index >= 15 is 0 Å². The van der Waals surface area contributed by atoms with Crippen LogP contribution in [0.2, 0.25) is 5.02 Å². The maximum Gasteiger partial charge on any atom is 0.123 e. The Balaban J connectivity index is 1.68. The number of thiazole rings is 1. The van der Waals surface area contributed by atoms with Crippen LogP contribution in [-0.2, 0) is 11.3 Å². The highest BCUT2D eigenvalue weighted by Gasteiger charge is 2.22. The normalized spacial score (nSPS) is 16.0. The van der Waals surface area contributed by atoms with E-state index in [-0.39, 0.29) is 0 Å². The van der Waals surface area contributed by atoms with Crippen molar-refractivity contribution in [1.82, 2.24) is 9.88 Å². The van der Waals surface area contributed by atoms with Crippen molar-refractivity contribution >= 4 is 34.7 Å². The Morgan fingerprint density at radius 3 is 2.71 bits per heavy atom. The van der Waals surface area contributed by atoms with E-state index in [2.05, 4.69) is 22.0 Å². The van der Waals surface area contributed by atoms with Crippen LogP contribution in [0.1, 0.15) is 18.5 Å². The number of methoxy groups -OCH3 is 1. The van der Waals surface area contributed by atoms with Gasteiger partial charge in [0.05, 0.1) is 12.3 Å². The molecule has 6 heteroatoms. The fourth-order valence-electron chi connectivity index (χ4n) is 2.96. The molecule has 1 saturated heterocycles. The van der Waals surface area contributed by atoms with Gasteiger partial charge in [-0.25, -0.2) is 4.98 Å². The van der Waals surface area contributed by atoms with Crippen molar-refractivity contribution in [2.45, 2.75) is 25.4 Å². The first kappa shape index (κ1) is 18.2. The molecule has 2 heterocycles. The molecule has 1 aliphatic rings. The van der Waals surface area contributed by atoms with Crippen LogP contribution in [0.15, 0.2) is 29.6 Å². The number of ether oxygens (including phenoxy) is 1. The molecule has 24 heavy (non-hydrogen) atoms. The highest BCUT2D eigenvalue weighted by atomic mass is 35.5. The van der Waals surface area contributed by atoms with Crippen LogP contribution in [0.25, 0.3) is 10.6 Å². The molecule has 1 aromatic carbocycles. The zero-order valence-corrected chi connectivity index (χ0v) is 16.3. The summed E-state index contributed by atoms with van der Waals surface area (Å²) in [5.41, 5.74) is 2.28. The van der Waals surface area contributed by atoms with Gasteiger partial charge in [0.2, 0.25) is 0 Å². The van der Waals surface area contributed by atoms with Gasteiger partial charge in [0.1, 0.15) is 5.01 Å². The number of hydrogen-bond donors (Lipinski definition) is 0. The van der Waals surface area contributed by atoms with Crippen LogP contribution in [0, 0.1) is 0 Å². The number of aromatic nitrogens is 1. The number of nitrogens with zero attached hydrogens (tertiary/aromatic N) is 2. The molecule has 1 aliphatic heterocycles. The molecule has 2 aromatic rings. The summed E-state index contributed by atoms with van der Waals surface area (Å²) in [7, 11) is 1.77. The molecule has 0 aliphatic carbocycles. The summed E-state index contributed by atoms with van der Waals surface area (Å²) in [6.07, 6.45) is 2.53. The van der Waals surface area contributed by atoms with Crippen molar-refractivity contribution < 1.29 is 4.74 Å². The summed E-state index contributed by atoms with van der Waals surface area (Å²) in [6, 6.07) is 8.56. The zero-order chi connectivity index (χ0) is 16.8. The fourth-order valence-corrected chi connectivity index (χ4v) is 4.99. The molecule has 0 amide bonds. The Morgan fingerprint density at radius 2 is 2.00 bits per heavy atom. The number of thioether (sulfide) groups is 1. The van der Waals surface area contributed by atoms with Crippen LogP contribution >= 0.6 is 34.7 Å². The molecule has 0 bridgehead atoms. The summed E-state index contributed by atoms with van der Waals surface area (Å²) in [4.78, 5) is 7.39. The predicted molar refractivity (Wildman–Crippen MR) is 105 cm³/mol. The van der Waals surface area contributed by atoms with Crippen molar-refractivity contribution in [3.63, 3.8) is 0 Å². The summed E-state index contributed by atoms with van der Waals surface area (Å²) in [5.74, 6) is 2.53. The molecule has 0 radical (unpaired) electrons. The van der Waals surface area contributed by atoms with Gasteiger partial charge in [0.25, 0.3) is 0 Å². The van der Waals surface area contributed by atoms with E-state index in [0.29, 0.717) is 6.04 Å². The molecule has 3 nitrogen and oxygen atoms in total. The third-order valence-electron chi connectivity index (χ3n) is 4.30. The Bertz CT molecular complexity index is 626. The second kappa shape index (κ2) is 9.20. The van der Waals surface area contributed by atoms with E-state index in [4.69, 9.17) is 21.3 Å². The summed E-state index contributed by atoms with van der Waals surface area (Å²) >= 11 is 9.74. The van der Waals surface area contributed by atoms with Crippen molar-refractivity contribution in [3.05, 3.63) is 40.4 Å². The van der Waals surface area contributed by atoms with Gasteiger partial charge in [-0.05, 0) is 36.5 Å². The highest BCUT2D eigenvalue weighted by Crippen LogP contribution is 2.27. The van der Waals surface area contributed by atoms with Crippen molar-refractivity contribution in [3.8, 4) is 10.6 Å². The quantitative estimate of drug-likeness (QED) is 0.686. The van der Waals surface area contributed by atoms with Gasteiger partial charge in [-0.2, -0.15) is 11.8 Å². The first-order chi connectivity index (χ1) is 11.8. The minimum absolute atomic E-state index is 0.655. The third kappa shape index (κ3) is 4.96. The lowest BCUT2D eigenvalue weighted by Gasteiger charge is -2.33. The number of benzene rings is 1. The molecule has 3 rings (SSSR count). The van der Waals surface area contributed by atoms with E-state index in [0.717, 1.165) is 41.0 Å². The smallest absolute Gasteiger partial charge is 0.123 e. The van der Waals surface area contributed by atoms with Gasteiger partial charge >= 0.3 is 0 Å². The topological polar surface area (TPSA) is 25.4 Å². The van der Waals surface area contributed by atoms with Gasteiger partial charge in [-0.15, -0.1) is 11.3 Å². The maximum absolute atomic E-state index is 5.97. The molecular formula is C18H23ClN2OS2. The number of halogens is 1. The highest BCUT2D eigenvalue weighted by molar-refractivity contribution is 7.99. The van der Waals surface area contributed by atoms with Crippen LogP contribution in [0.5, 0.6) is 0 Å². The minimum Gasteiger partial charge on any atom is -0.383 e. The molecular weight excluding hydrogens is 360 g/mol.